The number of benzene rings is 2. The Morgan fingerprint density at radius 2 is 1.76 bits per heavy atom. The molecule has 1 aliphatic rings. The number of amides is 2. The molecule has 34 heavy (non-hydrogen) atoms. The van der Waals surface area contributed by atoms with Gasteiger partial charge in [0.15, 0.2) is 0 Å². The summed E-state index contributed by atoms with van der Waals surface area (Å²) >= 11 is 11.9. The minimum atomic E-state index is -3.64. The Kier molecular flexibility index (Phi) is 7.59. The van der Waals surface area contributed by atoms with Gasteiger partial charge in [0.25, 0.3) is 0 Å². The van der Waals surface area contributed by atoms with E-state index in [0.29, 0.717) is 50.0 Å². The van der Waals surface area contributed by atoms with Gasteiger partial charge in [-0.15, -0.1) is 0 Å². The number of pyridine rings is 1. The normalized spacial score (nSPS) is 15.4. The van der Waals surface area contributed by atoms with Crippen LogP contribution in [0.1, 0.15) is 5.69 Å². The van der Waals surface area contributed by atoms with Gasteiger partial charge in [0.1, 0.15) is 0 Å². The van der Waals surface area contributed by atoms with Crippen LogP contribution >= 0.6 is 23.2 Å². The smallest absolute Gasteiger partial charge is 0.319 e. The van der Waals surface area contributed by atoms with Crippen molar-refractivity contribution in [2.75, 3.05) is 44.6 Å². The van der Waals surface area contributed by atoms with Crippen LogP contribution < -0.4 is 10.6 Å². The number of nitrogens with zero attached hydrogens (tertiary/aromatic N) is 3. The number of urea groups is 1. The Bertz CT molecular complexity index is 1310. The number of anilines is 1. The molecule has 180 valence electrons. The molecule has 8 nitrogen and oxygen atoms in total. The predicted octanol–water partition coefficient (Wildman–Crippen LogP) is 3.98. The first-order valence-corrected chi connectivity index (χ1v) is 13.0. The highest BCUT2D eigenvalue weighted by molar-refractivity contribution is 7.89. The second kappa shape index (κ2) is 10.5. The minimum Gasteiger partial charge on any atom is -0.337 e. The van der Waals surface area contributed by atoms with Gasteiger partial charge in [-0.3, -0.25) is 9.88 Å². The van der Waals surface area contributed by atoms with E-state index in [1.807, 2.05) is 37.3 Å². The van der Waals surface area contributed by atoms with Crippen molar-refractivity contribution in [1.82, 2.24) is 19.5 Å². The number of hydrogen-bond donors (Lipinski definition) is 2. The summed E-state index contributed by atoms with van der Waals surface area (Å²) in [6.07, 6.45) is 0. The molecule has 1 fully saturated rings. The van der Waals surface area contributed by atoms with E-state index >= 15 is 0 Å². The van der Waals surface area contributed by atoms with Crippen LogP contribution in [-0.2, 0) is 10.0 Å². The van der Waals surface area contributed by atoms with Gasteiger partial charge >= 0.3 is 6.03 Å². The first-order chi connectivity index (χ1) is 16.2. The number of nitrogens with one attached hydrogen (secondary N) is 2. The first kappa shape index (κ1) is 24.7. The van der Waals surface area contributed by atoms with Crippen LogP contribution in [0.2, 0.25) is 10.0 Å². The van der Waals surface area contributed by atoms with Crippen LogP contribution in [0, 0.1) is 6.92 Å². The number of piperazine rings is 1. The fraction of sp³-hybridized carbons (Fsp3) is 0.304. The monoisotopic (exact) mass is 521 g/mol. The number of rotatable bonds is 6. The maximum absolute atomic E-state index is 12.9. The van der Waals surface area contributed by atoms with Crippen molar-refractivity contribution in [1.29, 1.82) is 0 Å². The average Bonchev–Trinajstić information content (AvgIpc) is 2.81. The van der Waals surface area contributed by atoms with Crippen LogP contribution in [0.4, 0.5) is 10.5 Å². The van der Waals surface area contributed by atoms with Crippen molar-refractivity contribution < 1.29 is 13.2 Å². The number of carbonyl (C=O) groups is 1. The van der Waals surface area contributed by atoms with Crippen molar-refractivity contribution in [3.63, 3.8) is 0 Å². The number of aryl methyl sites for hydroxylation is 1. The van der Waals surface area contributed by atoms with E-state index in [0.717, 1.165) is 16.6 Å². The first-order valence-electron chi connectivity index (χ1n) is 10.8. The quantitative estimate of drug-likeness (QED) is 0.511. The van der Waals surface area contributed by atoms with Crippen LogP contribution in [-0.4, -0.2) is 67.9 Å². The molecule has 0 unspecified atom stereocenters. The highest BCUT2D eigenvalue weighted by atomic mass is 35.5. The van der Waals surface area contributed by atoms with Gasteiger partial charge in [0.2, 0.25) is 10.0 Å². The predicted molar refractivity (Wildman–Crippen MR) is 135 cm³/mol. The summed E-state index contributed by atoms with van der Waals surface area (Å²) in [6.45, 7) is 4.75. The van der Waals surface area contributed by atoms with E-state index < -0.39 is 10.0 Å². The molecule has 1 aromatic heterocycles. The van der Waals surface area contributed by atoms with Crippen molar-refractivity contribution in [3.05, 3.63) is 64.3 Å². The van der Waals surface area contributed by atoms with Crippen LogP contribution in [0.25, 0.3) is 10.9 Å². The molecule has 1 aliphatic heterocycles. The molecule has 0 bridgehead atoms. The average molecular weight is 522 g/mol. The lowest BCUT2D eigenvalue weighted by molar-refractivity contribution is 0.189. The molecule has 0 spiro atoms. The van der Waals surface area contributed by atoms with Gasteiger partial charge in [0.05, 0.1) is 31.8 Å². The van der Waals surface area contributed by atoms with E-state index in [1.165, 1.54) is 22.5 Å². The van der Waals surface area contributed by atoms with Crippen molar-refractivity contribution in [2.45, 2.75) is 11.8 Å². The lowest BCUT2D eigenvalue weighted by Crippen LogP contribution is -2.50. The third-order valence-electron chi connectivity index (χ3n) is 5.74. The zero-order valence-electron chi connectivity index (χ0n) is 18.6. The minimum absolute atomic E-state index is 0.132. The van der Waals surface area contributed by atoms with E-state index in [9.17, 15) is 13.2 Å². The number of sulfonamides is 1. The Balaban J connectivity index is 1.25. The number of carbonyl (C=O) groups excluding carboxylic acids is 1. The molecule has 2 aromatic carbocycles. The van der Waals surface area contributed by atoms with Crippen molar-refractivity contribution in [2.24, 2.45) is 0 Å². The molecule has 1 saturated heterocycles. The highest BCUT2D eigenvalue weighted by Crippen LogP contribution is 2.27. The molecular formula is C23H25Cl2N5O3S. The summed E-state index contributed by atoms with van der Waals surface area (Å²) in [6, 6.07) is 13.7. The molecule has 0 aliphatic carbocycles. The third kappa shape index (κ3) is 5.61. The zero-order chi connectivity index (χ0) is 24.3. The van der Waals surface area contributed by atoms with E-state index in [1.54, 1.807) is 0 Å². The Labute approximate surface area is 208 Å². The standard InChI is InChI=1S/C23H25Cl2N5O3S/c1-16-22(14-17-4-2-3-5-21(17)27-16)28-23(31)26-8-9-29-10-12-30(13-11-29)34(32,33)18-6-7-19(24)20(25)15-18/h2-7,14-15H,8-13H2,1H3,(H2,26,28,31). The van der Waals surface area contributed by atoms with E-state index in [-0.39, 0.29) is 15.9 Å². The largest absolute Gasteiger partial charge is 0.337 e. The van der Waals surface area contributed by atoms with Crippen LogP contribution in [0.3, 0.4) is 0 Å². The topological polar surface area (TPSA) is 94.6 Å². The van der Waals surface area contributed by atoms with Crippen molar-refractivity contribution >= 4 is 55.8 Å². The number of para-hydroxylation sites is 1. The second-order valence-electron chi connectivity index (χ2n) is 8.02. The maximum atomic E-state index is 12.9. The van der Waals surface area contributed by atoms with Crippen molar-refractivity contribution in [3.8, 4) is 0 Å². The Morgan fingerprint density at radius 3 is 2.50 bits per heavy atom. The van der Waals surface area contributed by atoms with E-state index in [2.05, 4.69) is 20.5 Å². The van der Waals surface area contributed by atoms with Gasteiger partial charge in [-0.2, -0.15) is 4.31 Å². The summed E-state index contributed by atoms with van der Waals surface area (Å²) in [7, 11) is -3.64. The fourth-order valence-electron chi connectivity index (χ4n) is 3.81. The number of aromatic nitrogens is 1. The molecular weight excluding hydrogens is 497 g/mol. The molecule has 0 atom stereocenters. The van der Waals surface area contributed by atoms with Crippen LogP contribution in [0.15, 0.2) is 53.4 Å². The summed E-state index contributed by atoms with van der Waals surface area (Å²) in [5, 5.41) is 7.19. The zero-order valence-corrected chi connectivity index (χ0v) is 20.9. The number of fused-ring (bicyclic) bond motifs is 1. The summed E-state index contributed by atoms with van der Waals surface area (Å²) in [4.78, 5) is 19.1. The second-order valence-corrected chi connectivity index (χ2v) is 10.8. The molecule has 2 heterocycles. The van der Waals surface area contributed by atoms with Gasteiger partial charge in [0, 0.05) is 44.7 Å². The molecule has 2 amide bonds. The Morgan fingerprint density at radius 1 is 1.03 bits per heavy atom. The molecule has 4 rings (SSSR count). The highest BCUT2D eigenvalue weighted by Gasteiger charge is 2.28. The molecule has 0 saturated carbocycles. The number of halogens is 2. The van der Waals surface area contributed by atoms with Gasteiger partial charge in [-0.25, -0.2) is 13.2 Å². The van der Waals surface area contributed by atoms with Gasteiger partial charge in [-0.05, 0) is 37.3 Å². The molecule has 11 heteroatoms. The molecule has 0 radical (unpaired) electrons. The third-order valence-corrected chi connectivity index (χ3v) is 8.37. The maximum Gasteiger partial charge on any atom is 0.319 e. The van der Waals surface area contributed by atoms with E-state index in [4.69, 9.17) is 23.2 Å². The summed E-state index contributed by atoms with van der Waals surface area (Å²) < 4.78 is 27.2. The molecule has 3 aromatic rings. The SMILES string of the molecule is Cc1nc2ccccc2cc1NC(=O)NCCN1CCN(S(=O)(=O)c2ccc(Cl)c(Cl)c2)CC1. The lowest BCUT2D eigenvalue weighted by atomic mass is 10.2. The fourth-order valence-corrected chi connectivity index (χ4v) is 5.62. The summed E-state index contributed by atoms with van der Waals surface area (Å²) in [5.74, 6) is 0. The van der Waals surface area contributed by atoms with Gasteiger partial charge in [-0.1, -0.05) is 41.4 Å². The summed E-state index contributed by atoms with van der Waals surface area (Å²) in [5.41, 5.74) is 2.29. The van der Waals surface area contributed by atoms with Crippen LogP contribution in [0.5, 0.6) is 0 Å². The number of hydrogen-bond acceptors (Lipinski definition) is 5. The Hall–Kier alpha value is -2.43. The lowest BCUT2D eigenvalue weighted by Gasteiger charge is -2.34. The molecule has 2 N–H and O–H groups in total. The van der Waals surface area contributed by atoms with Gasteiger partial charge < -0.3 is 10.6 Å².